The fraction of sp³-hybridized carbons (Fsp3) is 0.143. The third-order valence-corrected chi connectivity index (χ3v) is 4.16. The molecule has 2 rings (SSSR count). The molecule has 82 valence electrons. The van der Waals surface area contributed by atoms with Gasteiger partial charge < -0.3 is 4.52 Å². The molecular formula is C14H16OP+. The smallest absolute Gasteiger partial charge is 0.207 e. The number of rotatable bonds is 3. The summed E-state index contributed by atoms with van der Waals surface area (Å²) in [6.45, 7) is 4.25. The normalized spacial score (nSPS) is 12.1. The van der Waals surface area contributed by atoms with Crippen molar-refractivity contribution >= 4 is 13.5 Å². The van der Waals surface area contributed by atoms with E-state index in [9.17, 15) is 0 Å². The minimum atomic E-state index is -0.932. The predicted octanol–water partition coefficient (Wildman–Crippen LogP) is 3.46. The monoisotopic (exact) mass is 231 g/mol. The predicted molar refractivity (Wildman–Crippen MR) is 72.1 cm³/mol. The summed E-state index contributed by atoms with van der Waals surface area (Å²) in [5.74, 6) is 0.964. The number of aryl methyl sites for hydroxylation is 1. The van der Waals surface area contributed by atoms with E-state index in [4.69, 9.17) is 4.52 Å². The maximum absolute atomic E-state index is 5.96. The minimum absolute atomic E-state index is 0.932. The molecule has 0 spiro atoms. The number of hydrogen-bond donors (Lipinski definition) is 0. The third-order valence-electron chi connectivity index (χ3n) is 2.47. The average molecular weight is 231 g/mol. The van der Waals surface area contributed by atoms with Gasteiger partial charge in [0.25, 0.3) is 0 Å². The van der Waals surface area contributed by atoms with Crippen molar-refractivity contribution < 1.29 is 4.52 Å². The molecule has 0 amide bonds. The van der Waals surface area contributed by atoms with Gasteiger partial charge in [-0.05, 0) is 31.2 Å². The fourth-order valence-electron chi connectivity index (χ4n) is 1.51. The Morgan fingerprint density at radius 3 is 2.12 bits per heavy atom. The molecule has 0 aliphatic rings. The lowest BCUT2D eigenvalue weighted by atomic mass is 10.2. The van der Waals surface area contributed by atoms with Gasteiger partial charge in [-0.25, -0.2) is 0 Å². The molecule has 0 N–H and O–H groups in total. The standard InChI is InChI=1S/C14H15OP/c1-12-8-10-13(11-9-12)15-16(2)14-6-4-3-5-7-14/h3-11H,1-2H3/p+1. The van der Waals surface area contributed by atoms with Crippen molar-refractivity contribution in [2.75, 3.05) is 6.66 Å². The lowest BCUT2D eigenvalue weighted by Gasteiger charge is -2.06. The highest BCUT2D eigenvalue weighted by molar-refractivity contribution is 7.60. The van der Waals surface area contributed by atoms with Crippen LogP contribution in [0, 0.1) is 6.92 Å². The summed E-state index contributed by atoms with van der Waals surface area (Å²) in [5, 5.41) is 1.30. The van der Waals surface area contributed by atoms with Crippen molar-refractivity contribution in [3.05, 3.63) is 60.2 Å². The fourth-order valence-corrected chi connectivity index (χ4v) is 2.78. The van der Waals surface area contributed by atoms with E-state index in [1.807, 2.05) is 18.2 Å². The molecule has 0 saturated heterocycles. The second-order valence-electron chi connectivity index (χ2n) is 3.84. The van der Waals surface area contributed by atoms with E-state index in [2.05, 4.69) is 50.0 Å². The summed E-state index contributed by atoms with van der Waals surface area (Å²) >= 11 is 0. The van der Waals surface area contributed by atoms with Gasteiger partial charge in [0.05, 0.1) is 6.66 Å². The highest BCUT2D eigenvalue weighted by atomic mass is 31.1. The van der Waals surface area contributed by atoms with E-state index in [0.29, 0.717) is 0 Å². The Morgan fingerprint density at radius 2 is 1.50 bits per heavy atom. The molecule has 0 aliphatic carbocycles. The molecule has 16 heavy (non-hydrogen) atoms. The zero-order valence-corrected chi connectivity index (χ0v) is 10.6. The van der Waals surface area contributed by atoms with E-state index in [1.54, 1.807) is 0 Å². The largest absolute Gasteiger partial charge is 0.348 e. The van der Waals surface area contributed by atoms with Crippen LogP contribution in [-0.4, -0.2) is 6.66 Å². The second-order valence-corrected chi connectivity index (χ2v) is 5.73. The maximum Gasteiger partial charge on any atom is 0.207 e. The zero-order chi connectivity index (χ0) is 11.4. The van der Waals surface area contributed by atoms with Crippen LogP contribution in [0.3, 0.4) is 0 Å². The van der Waals surface area contributed by atoms with Crippen molar-refractivity contribution in [1.29, 1.82) is 0 Å². The third kappa shape index (κ3) is 2.84. The molecule has 0 radical (unpaired) electrons. The number of hydrogen-bond acceptors (Lipinski definition) is 1. The molecule has 2 heteroatoms. The molecule has 1 unspecified atom stereocenters. The van der Waals surface area contributed by atoms with E-state index in [1.165, 1.54) is 10.9 Å². The van der Waals surface area contributed by atoms with E-state index in [0.717, 1.165) is 5.75 Å². The van der Waals surface area contributed by atoms with Crippen LogP contribution in [-0.2, 0) is 0 Å². The van der Waals surface area contributed by atoms with Crippen LogP contribution in [0.1, 0.15) is 5.56 Å². The minimum Gasteiger partial charge on any atom is -0.348 e. The first kappa shape index (κ1) is 11.2. The van der Waals surface area contributed by atoms with Gasteiger partial charge in [0.1, 0.15) is 5.30 Å². The molecule has 0 bridgehead atoms. The summed E-state index contributed by atoms with van der Waals surface area (Å²) in [6.07, 6.45) is 0. The summed E-state index contributed by atoms with van der Waals surface area (Å²) in [5.41, 5.74) is 1.26. The van der Waals surface area contributed by atoms with Crippen LogP contribution in [0.5, 0.6) is 5.75 Å². The molecule has 0 heterocycles. The van der Waals surface area contributed by atoms with Gasteiger partial charge in [-0.3, -0.25) is 0 Å². The van der Waals surface area contributed by atoms with Crippen molar-refractivity contribution in [2.45, 2.75) is 6.92 Å². The molecule has 0 aliphatic heterocycles. The molecule has 2 aromatic carbocycles. The number of benzene rings is 2. The first-order valence-corrected chi connectivity index (χ1v) is 7.30. The lowest BCUT2D eigenvalue weighted by Crippen LogP contribution is -2.02. The van der Waals surface area contributed by atoms with Gasteiger partial charge >= 0.3 is 0 Å². The molecule has 0 aromatic heterocycles. The van der Waals surface area contributed by atoms with Crippen molar-refractivity contribution in [1.82, 2.24) is 0 Å². The Kier molecular flexibility index (Phi) is 3.58. The van der Waals surface area contributed by atoms with Gasteiger partial charge in [0.2, 0.25) is 8.15 Å². The summed E-state index contributed by atoms with van der Waals surface area (Å²) in [7, 11) is -0.932. The first-order valence-electron chi connectivity index (χ1n) is 5.39. The first-order chi connectivity index (χ1) is 7.75. The average Bonchev–Trinajstić information content (AvgIpc) is 2.33. The lowest BCUT2D eigenvalue weighted by molar-refractivity contribution is 0.626. The van der Waals surface area contributed by atoms with Crippen LogP contribution in [0.2, 0.25) is 0 Å². The SMILES string of the molecule is Cc1ccc(O[PH+](C)c2ccccc2)cc1. The molecule has 1 nitrogen and oxygen atoms in total. The van der Waals surface area contributed by atoms with Gasteiger partial charge in [0, 0.05) is 0 Å². The Labute approximate surface area is 97.9 Å². The summed E-state index contributed by atoms with van der Waals surface area (Å²) in [6, 6.07) is 18.6. The molecular weight excluding hydrogens is 215 g/mol. The van der Waals surface area contributed by atoms with Crippen molar-refractivity contribution in [3.63, 3.8) is 0 Å². The van der Waals surface area contributed by atoms with Gasteiger partial charge in [-0.1, -0.05) is 35.9 Å². The van der Waals surface area contributed by atoms with Crippen LogP contribution in [0.15, 0.2) is 54.6 Å². The molecule has 1 atom stereocenters. The van der Waals surface area contributed by atoms with E-state index < -0.39 is 8.15 Å². The molecule has 0 fully saturated rings. The van der Waals surface area contributed by atoms with Crippen LogP contribution in [0.25, 0.3) is 0 Å². The summed E-state index contributed by atoms with van der Waals surface area (Å²) in [4.78, 5) is 0. The zero-order valence-electron chi connectivity index (χ0n) is 9.60. The summed E-state index contributed by atoms with van der Waals surface area (Å²) < 4.78 is 5.96. The topological polar surface area (TPSA) is 9.23 Å². The highest BCUT2D eigenvalue weighted by Gasteiger charge is 2.14. The molecule has 0 saturated carbocycles. The van der Waals surface area contributed by atoms with E-state index >= 15 is 0 Å². The highest BCUT2D eigenvalue weighted by Crippen LogP contribution is 2.33. The Hall–Kier alpha value is -1.33. The van der Waals surface area contributed by atoms with Gasteiger partial charge in [-0.2, -0.15) is 0 Å². The van der Waals surface area contributed by atoms with Crippen LogP contribution in [0.4, 0.5) is 0 Å². The Balaban J connectivity index is 2.08. The van der Waals surface area contributed by atoms with Gasteiger partial charge in [-0.15, -0.1) is 0 Å². The van der Waals surface area contributed by atoms with Crippen molar-refractivity contribution in [2.24, 2.45) is 0 Å². The Morgan fingerprint density at radius 1 is 0.875 bits per heavy atom. The van der Waals surface area contributed by atoms with E-state index in [-0.39, 0.29) is 0 Å². The maximum atomic E-state index is 5.96. The van der Waals surface area contributed by atoms with Crippen LogP contribution >= 0.6 is 8.15 Å². The quantitative estimate of drug-likeness (QED) is 0.735. The second kappa shape index (κ2) is 5.14. The van der Waals surface area contributed by atoms with Gasteiger partial charge in [0.15, 0.2) is 5.75 Å². The van der Waals surface area contributed by atoms with Crippen molar-refractivity contribution in [3.8, 4) is 5.75 Å². The Bertz CT molecular complexity index is 436. The molecule has 2 aromatic rings. The van der Waals surface area contributed by atoms with Crippen LogP contribution < -0.4 is 9.83 Å².